The molecule has 0 unspecified atom stereocenters. The van der Waals surface area contributed by atoms with Gasteiger partial charge in [0.1, 0.15) is 17.3 Å². The quantitative estimate of drug-likeness (QED) is 0.527. The molecular weight excluding hydrogens is 387 g/mol. The number of nitrogens with two attached hydrogens (primary N) is 2. The minimum Gasteiger partial charge on any atom is -0.399 e. The van der Waals surface area contributed by atoms with E-state index in [-0.39, 0.29) is 34.7 Å². The summed E-state index contributed by atoms with van der Waals surface area (Å²) in [4.78, 5) is 27.2. The summed E-state index contributed by atoms with van der Waals surface area (Å²) in [6, 6.07) is 3.20. The predicted molar refractivity (Wildman–Crippen MR) is 108 cm³/mol. The molecule has 5 rings (SSSR count). The first-order valence-electron chi connectivity index (χ1n) is 9.53. The van der Waals surface area contributed by atoms with Crippen LogP contribution in [0, 0.1) is 17.7 Å². The van der Waals surface area contributed by atoms with Crippen molar-refractivity contribution in [3.63, 3.8) is 0 Å². The highest BCUT2D eigenvalue weighted by molar-refractivity contribution is 5.91. The zero-order valence-electron chi connectivity index (χ0n) is 16.6. The number of aromatic nitrogens is 2. The average Bonchev–Trinajstić information content (AvgIpc) is 2.95. The first-order chi connectivity index (χ1) is 14.1. The Labute approximate surface area is 172 Å². The van der Waals surface area contributed by atoms with Crippen LogP contribution in [-0.4, -0.2) is 31.9 Å². The van der Waals surface area contributed by atoms with Gasteiger partial charge in [-0.15, -0.1) is 0 Å². The number of rotatable bonds is 3. The zero-order valence-corrected chi connectivity index (χ0v) is 16.6. The molecule has 0 spiro atoms. The highest BCUT2D eigenvalue weighted by Crippen LogP contribution is 2.52. The van der Waals surface area contributed by atoms with Gasteiger partial charge >= 0.3 is 0 Å². The van der Waals surface area contributed by atoms with E-state index in [4.69, 9.17) is 11.5 Å². The Morgan fingerprint density at radius 1 is 1.37 bits per heavy atom. The van der Waals surface area contributed by atoms with Gasteiger partial charge in [-0.25, -0.2) is 9.37 Å². The molecule has 3 heterocycles. The first kappa shape index (κ1) is 19.9. The van der Waals surface area contributed by atoms with Crippen LogP contribution in [0.25, 0.3) is 11.4 Å². The number of hydrogen-bond donors (Lipinski definition) is 3. The topological polar surface area (TPSA) is 124 Å². The van der Waals surface area contributed by atoms with E-state index in [2.05, 4.69) is 16.8 Å². The van der Waals surface area contributed by atoms with Gasteiger partial charge < -0.3 is 21.1 Å². The SMILES string of the molecule is CC(=O)/C=C(\N)[C@](C)(O)C#Cc1cc2c(cc1F)C1CC(C1)n1cc(C(N)=O)nc1-2. The fourth-order valence-electron chi connectivity index (χ4n) is 3.90. The lowest BCUT2D eigenvalue weighted by Gasteiger charge is -2.34. The third-order valence-corrected chi connectivity index (χ3v) is 5.67. The number of carbonyl (C=O) groups excluding carboxylic acids is 2. The number of carbonyl (C=O) groups is 2. The average molecular weight is 408 g/mol. The number of amides is 1. The molecule has 2 aliphatic heterocycles. The Bertz CT molecular complexity index is 1180. The van der Waals surface area contributed by atoms with E-state index in [9.17, 15) is 19.1 Å². The molecule has 2 bridgehead atoms. The number of benzene rings is 1. The van der Waals surface area contributed by atoms with Crippen molar-refractivity contribution in [3.05, 3.63) is 52.7 Å². The second-order valence-electron chi connectivity index (χ2n) is 8.00. The molecule has 8 heteroatoms. The summed E-state index contributed by atoms with van der Waals surface area (Å²) in [5.41, 5.74) is 10.9. The van der Waals surface area contributed by atoms with Crippen LogP contribution >= 0.6 is 0 Å². The van der Waals surface area contributed by atoms with Crippen LogP contribution in [0.1, 0.15) is 60.3 Å². The van der Waals surface area contributed by atoms with Crippen LogP contribution in [0.4, 0.5) is 4.39 Å². The van der Waals surface area contributed by atoms with E-state index in [1.165, 1.54) is 19.9 Å². The van der Waals surface area contributed by atoms with E-state index < -0.39 is 17.3 Å². The van der Waals surface area contributed by atoms with Crippen molar-refractivity contribution < 1.29 is 19.1 Å². The van der Waals surface area contributed by atoms with Gasteiger partial charge in [0.2, 0.25) is 0 Å². The number of nitrogens with zero attached hydrogens (tertiary/aromatic N) is 2. The van der Waals surface area contributed by atoms with E-state index in [1.807, 2.05) is 4.57 Å². The fraction of sp³-hybridized carbons (Fsp3) is 0.318. The summed E-state index contributed by atoms with van der Waals surface area (Å²) in [5, 5.41) is 10.4. The molecule has 1 aromatic heterocycles. The molecule has 3 aliphatic rings. The van der Waals surface area contributed by atoms with Crippen molar-refractivity contribution in [1.82, 2.24) is 9.55 Å². The Morgan fingerprint density at radius 3 is 2.70 bits per heavy atom. The molecule has 1 atom stereocenters. The molecule has 1 saturated carbocycles. The molecule has 0 saturated heterocycles. The van der Waals surface area contributed by atoms with Crippen LogP contribution in [0.2, 0.25) is 0 Å². The minimum absolute atomic E-state index is 0.0546. The third kappa shape index (κ3) is 3.27. The van der Waals surface area contributed by atoms with E-state index in [0.29, 0.717) is 11.4 Å². The molecule has 5 N–H and O–H groups in total. The van der Waals surface area contributed by atoms with E-state index in [0.717, 1.165) is 24.5 Å². The van der Waals surface area contributed by atoms with Gasteiger partial charge in [0.05, 0.1) is 11.3 Å². The van der Waals surface area contributed by atoms with Gasteiger partial charge in [-0.1, -0.05) is 11.8 Å². The van der Waals surface area contributed by atoms with Crippen LogP contribution in [-0.2, 0) is 4.79 Å². The maximum absolute atomic E-state index is 14.8. The second-order valence-corrected chi connectivity index (χ2v) is 8.00. The lowest BCUT2D eigenvalue weighted by Crippen LogP contribution is -2.30. The summed E-state index contributed by atoms with van der Waals surface area (Å²) in [6.45, 7) is 2.63. The minimum atomic E-state index is -1.80. The molecule has 30 heavy (non-hydrogen) atoms. The van der Waals surface area contributed by atoms with E-state index in [1.54, 1.807) is 12.3 Å². The number of primary amides is 1. The molecule has 2 aromatic rings. The molecular formula is C22H21FN4O3. The third-order valence-electron chi connectivity index (χ3n) is 5.67. The van der Waals surface area contributed by atoms with Crippen molar-refractivity contribution in [1.29, 1.82) is 0 Å². The molecule has 1 aliphatic carbocycles. The Balaban J connectivity index is 1.81. The Hall–Kier alpha value is -3.44. The van der Waals surface area contributed by atoms with Crippen LogP contribution in [0.15, 0.2) is 30.1 Å². The largest absolute Gasteiger partial charge is 0.399 e. The molecule has 1 aromatic carbocycles. The van der Waals surface area contributed by atoms with Crippen molar-refractivity contribution >= 4 is 11.7 Å². The van der Waals surface area contributed by atoms with Crippen molar-refractivity contribution in [2.75, 3.05) is 0 Å². The highest BCUT2D eigenvalue weighted by atomic mass is 19.1. The maximum atomic E-state index is 14.8. The highest BCUT2D eigenvalue weighted by Gasteiger charge is 2.39. The van der Waals surface area contributed by atoms with Gasteiger partial charge in [0, 0.05) is 23.9 Å². The lowest BCUT2D eigenvalue weighted by molar-refractivity contribution is -0.112. The van der Waals surface area contributed by atoms with Crippen molar-refractivity contribution in [2.45, 2.75) is 44.2 Å². The molecule has 154 valence electrons. The summed E-state index contributed by atoms with van der Waals surface area (Å²) < 4.78 is 16.7. The number of aliphatic hydroxyl groups is 1. The summed E-state index contributed by atoms with van der Waals surface area (Å²) in [5.74, 6) is 4.44. The van der Waals surface area contributed by atoms with Gasteiger partial charge in [-0.05, 0) is 50.3 Å². The van der Waals surface area contributed by atoms with Gasteiger partial charge in [0.15, 0.2) is 11.4 Å². The monoisotopic (exact) mass is 408 g/mol. The standard InChI is InChI=1S/C22H21FN4O3/c1-11(28)5-19(24)22(2,30)4-3-12-8-16-15(9-17(12)23)13-6-14(7-13)27-10-18(20(25)29)26-21(16)27/h5,8-10,13-14,30H,6-7,24H2,1-2H3,(H2,25,29)/b19-5-/t13?,14?,22-/m1/s1. The second kappa shape index (κ2) is 6.82. The van der Waals surface area contributed by atoms with Crippen molar-refractivity contribution in [2.24, 2.45) is 11.5 Å². The Morgan fingerprint density at radius 2 is 2.07 bits per heavy atom. The summed E-state index contributed by atoms with van der Waals surface area (Å²) in [7, 11) is 0. The van der Waals surface area contributed by atoms with Gasteiger partial charge in [-0.3, -0.25) is 9.59 Å². The lowest BCUT2D eigenvalue weighted by atomic mass is 9.75. The molecule has 7 nitrogen and oxygen atoms in total. The molecule has 0 radical (unpaired) electrons. The smallest absolute Gasteiger partial charge is 0.268 e. The zero-order chi connectivity index (χ0) is 21.8. The molecule has 1 fully saturated rings. The summed E-state index contributed by atoms with van der Waals surface area (Å²) in [6.07, 6.45) is 4.39. The predicted octanol–water partition coefficient (Wildman–Crippen LogP) is 1.75. The number of ketones is 1. The maximum Gasteiger partial charge on any atom is 0.268 e. The van der Waals surface area contributed by atoms with Crippen LogP contribution in [0.5, 0.6) is 0 Å². The van der Waals surface area contributed by atoms with Gasteiger partial charge in [-0.2, -0.15) is 0 Å². The van der Waals surface area contributed by atoms with Crippen molar-refractivity contribution in [3.8, 4) is 23.2 Å². The molecule has 1 amide bonds. The summed E-state index contributed by atoms with van der Waals surface area (Å²) >= 11 is 0. The number of hydrogen-bond acceptors (Lipinski definition) is 5. The normalized spacial score (nSPS) is 21.1. The Kier molecular flexibility index (Phi) is 4.51. The number of imidazole rings is 1. The number of allylic oxidation sites excluding steroid dienone is 1. The van der Waals surface area contributed by atoms with Crippen LogP contribution < -0.4 is 11.5 Å². The first-order valence-corrected chi connectivity index (χ1v) is 9.53. The number of halogens is 1. The van der Waals surface area contributed by atoms with Gasteiger partial charge in [0.25, 0.3) is 5.91 Å². The van der Waals surface area contributed by atoms with Crippen LogP contribution in [0.3, 0.4) is 0 Å². The van der Waals surface area contributed by atoms with E-state index >= 15 is 0 Å². The fourth-order valence-corrected chi connectivity index (χ4v) is 3.90.